The van der Waals surface area contributed by atoms with E-state index in [0.717, 1.165) is 18.6 Å². The Kier molecular flexibility index (Phi) is 30.2. The van der Waals surface area contributed by atoms with E-state index < -0.39 is 0 Å². The van der Waals surface area contributed by atoms with E-state index in [-0.39, 0.29) is 0 Å². The first-order valence-corrected chi connectivity index (χ1v) is 22.0. The first-order chi connectivity index (χ1) is 23.2. The lowest BCUT2D eigenvalue weighted by atomic mass is 9.80. The van der Waals surface area contributed by atoms with Crippen molar-refractivity contribution in [3.05, 3.63) is 27.8 Å². The Morgan fingerprint density at radius 1 is 0.234 bits per heavy atom. The Bertz CT molecular complexity index is 823. The summed E-state index contributed by atoms with van der Waals surface area (Å²) >= 11 is 0. The van der Waals surface area contributed by atoms with Gasteiger partial charge in [0.15, 0.2) is 0 Å². The molecule has 0 spiro atoms. The summed E-state index contributed by atoms with van der Waals surface area (Å²) < 4.78 is 0. The van der Waals surface area contributed by atoms with Crippen LogP contribution in [0, 0.1) is 0 Å². The third-order valence-corrected chi connectivity index (χ3v) is 10.9. The van der Waals surface area contributed by atoms with Crippen LogP contribution in [0.4, 0.5) is 0 Å². The highest BCUT2D eigenvalue weighted by molar-refractivity contribution is 5.56. The average molecular weight is 655 g/mol. The van der Waals surface area contributed by atoms with Gasteiger partial charge in [-0.15, -0.1) is 0 Å². The molecule has 0 atom stereocenters. The number of aromatic hydroxyl groups is 1. The fourth-order valence-electron chi connectivity index (χ4n) is 7.87. The number of hydrogen-bond acceptors (Lipinski definition) is 1. The molecular weight excluding hydrogens is 569 g/mol. The lowest BCUT2D eigenvalue weighted by Crippen LogP contribution is -2.11. The van der Waals surface area contributed by atoms with Crippen molar-refractivity contribution >= 4 is 0 Å². The molecule has 0 radical (unpaired) electrons. The number of benzene rings is 1. The summed E-state index contributed by atoms with van der Waals surface area (Å²) in [6.45, 7) is 11.6. The fraction of sp³-hybridized carbons (Fsp3) is 0.870. The van der Waals surface area contributed by atoms with E-state index in [9.17, 15) is 5.11 Å². The van der Waals surface area contributed by atoms with Gasteiger partial charge in [0.2, 0.25) is 0 Å². The van der Waals surface area contributed by atoms with Crippen LogP contribution in [0.25, 0.3) is 0 Å². The van der Waals surface area contributed by atoms with Gasteiger partial charge in [0.05, 0.1) is 0 Å². The second kappa shape index (κ2) is 32.2. The minimum Gasteiger partial charge on any atom is -0.507 e. The van der Waals surface area contributed by atoms with Gasteiger partial charge in [-0.25, -0.2) is 0 Å². The predicted molar refractivity (Wildman–Crippen MR) is 214 cm³/mol. The van der Waals surface area contributed by atoms with Crippen molar-refractivity contribution in [1.82, 2.24) is 0 Å². The standard InChI is InChI=1S/C46H86O/c1-6-11-16-21-24-26-30-35-40-45-43(38-34-29-25-22-17-12-7-2)41(36-33-28-23-18-13-8-3)42(37-32-27-19-14-9-4)44(46(45)47)39-31-20-15-10-5/h47H,6-40H2,1-5H3. The van der Waals surface area contributed by atoms with Crippen LogP contribution < -0.4 is 0 Å². The monoisotopic (exact) mass is 655 g/mol. The van der Waals surface area contributed by atoms with Crippen molar-refractivity contribution < 1.29 is 5.11 Å². The van der Waals surface area contributed by atoms with Crippen molar-refractivity contribution in [1.29, 1.82) is 0 Å². The number of phenols is 1. The van der Waals surface area contributed by atoms with Crippen molar-refractivity contribution in [2.75, 3.05) is 0 Å². The van der Waals surface area contributed by atoms with Crippen molar-refractivity contribution in [3.8, 4) is 5.75 Å². The summed E-state index contributed by atoms with van der Waals surface area (Å²) in [6.07, 6.45) is 46.2. The summed E-state index contributed by atoms with van der Waals surface area (Å²) in [4.78, 5) is 0. The molecule has 0 fully saturated rings. The first-order valence-electron chi connectivity index (χ1n) is 22.0. The lowest BCUT2D eigenvalue weighted by Gasteiger charge is -2.25. The summed E-state index contributed by atoms with van der Waals surface area (Å²) in [6, 6.07) is 0. The zero-order chi connectivity index (χ0) is 34.2. The Labute approximate surface area is 297 Å². The number of rotatable bonds is 35. The Hall–Kier alpha value is -0.980. The zero-order valence-corrected chi connectivity index (χ0v) is 33.2. The molecule has 1 nitrogen and oxygen atoms in total. The van der Waals surface area contributed by atoms with Gasteiger partial charge in [0, 0.05) is 0 Å². The molecule has 47 heavy (non-hydrogen) atoms. The molecule has 1 aromatic rings. The molecular formula is C46H86O. The maximum Gasteiger partial charge on any atom is 0.122 e. The Morgan fingerprint density at radius 3 is 0.660 bits per heavy atom. The molecule has 0 unspecified atom stereocenters. The molecule has 0 aliphatic heterocycles. The minimum atomic E-state index is 0.748. The molecule has 0 heterocycles. The first kappa shape index (κ1) is 44.0. The van der Waals surface area contributed by atoms with E-state index >= 15 is 0 Å². The molecule has 1 aromatic carbocycles. The van der Waals surface area contributed by atoms with Gasteiger partial charge in [0.25, 0.3) is 0 Å². The van der Waals surface area contributed by atoms with E-state index in [4.69, 9.17) is 0 Å². The van der Waals surface area contributed by atoms with Crippen LogP contribution in [0.15, 0.2) is 0 Å². The fourth-order valence-corrected chi connectivity index (χ4v) is 7.87. The minimum absolute atomic E-state index is 0.748. The van der Waals surface area contributed by atoms with Crippen LogP contribution in [0.2, 0.25) is 0 Å². The summed E-state index contributed by atoms with van der Waals surface area (Å²) in [5.74, 6) is 0.748. The molecule has 0 saturated heterocycles. The normalized spacial score (nSPS) is 11.6. The molecule has 1 N–H and O–H groups in total. The van der Waals surface area contributed by atoms with Crippen LogP contribution in [0.1, 0.15) is 255 Å². The van der Waals surface area contributed by atoms with Crippen LogP contribution >= 0.6 is 0 Å². The predicted octanol–water partition coefficient (Wildman–Crippen LogP) is 15.9. The van der Waals surface area contributed by atoms with Crippen LogP contribution in [0.5, 0.6) is 5.75 Å². The van der Waals surface area contributed by atoms with E-state index in [2.05, 4.69) is 34.6 Å². The van der Waals surface area contributed by atoms with Gasteiger partial charge >= 0.3 is 0 Å². The number of phenolic OH excluding ortho intramolecular Hbond substituents is 1. The van der Waals surface area contributed by atoms with E-state index in [1.165, 1.54) is 223 Å². The maximum atomic E-state index is 12.2. The second-order valence-corrected chi connectivity index (χ2v) is 15.3. The van der Waals surface area contributed by atoms with Crippen LogP contribution in [0.3, 0.4) is 0 Å². The van der Waals surface area contributed by atoms with E-state index in [1.54, 1.807) is 16.7 Å². The molecule has 0 aromatic heterocycles. The topological polar surface area (TPSA) is 20.2 Å². The van der Waals surface area contributed by atoms with Crippen molar-refractivity contribution in [2.45, 2.75) is 259 Å². The second-order valence-electron chi connectivity index (χ2n) is 15.3. The van der Waals surface area contributed by atoms with E-state index in [1.807, 2.05) is 0 Å². The highest BCUT2D eigenvalue weighted by atomic mass is 16.3. The summed E-state index contributed by atoms with van der Waals surface area (Å²) in [5.41, 5.74) is 7.73. The van der Waals surface area contributed by atoms with Gasteiger partial charge in [-0.2, -0.15) is 0 Å². The van der Waals surface area contributed by atoms with E-state index in [0.29, 0.717) is 0 Å². The highest BCUT2D eigenvalue weighted by Gasteiger charge is 2.23. The number of unbranched alkanes of at least 4 members (excludes halogenated alkanes) is 25. The summed E-state index contributed by atoms with van der Waals surface area (Å²) in [5, 5.41) is 12.2. The Morgan fingerprint density at radius 2 is 0.404 bits per heavy atom. The number of hydrogen-bond donors (Lipinski definition) is 1. The largest absolute Gasteiger partial charge is 0.507 e. The van der Waals surface area contributed by atoms with Gasteiger partial charge in [-0.3, -0.25) is 0 Å². The van der Waals surface area contributed by atoms with Gasteiger partial charge in [0.1, 0.15) is 5.75 Å². The van der Waals surface area contributed by atoms with Gasteiger partial charge in [-0.1, -0.05) is 195 Å². The van der Waals surface area contributed by atoms with Crippen molar-refractivity contribution in [3.63, 3.8) is 0 Å². The van der Waals surface area contributed by atoms with Gasteiger partial charge in [-0.05, 0) is 92.0 Å². The molecule has 0 amide bonds. The molecule has 0 saturated carbocycles. The van der Waals surface area contributed by atoms with Gasteiger partial charge < -0.3 is 5.11 Å². The summed E-state index contributed by atoms with van der Waals surface area (Å²) in [7, 11) is 0. The molecule has 276 valence electrons. The smallest absolute Gasteiger partial charge is 0.122 e. The average Bonchev–Trinajstić information content (AvgIpc) is 3.08. The molecule has 0 aliphatic carbocycles. The maximum absolute atomic E-state index is 12.2. The lowest BCUT2D eigenvalue weighted by molar-refractivity contribution is 0.452. The molecule has 1 rings (SSSR count). The Balaban J connectivity index is 3.37. The third kappa shape index (κ3) is 21.0. The quantitative estimate of drug-likeness (QED) is 0.0722. The molecule has 0 aliphatic rings. The molecule has 1 heteroatoms. The third-order valence-electron chi connectivity index (χ3n) is 10.9. The van der Waals surface area contributed by atoms with Crippen LogP contribution in [-0.2, 0) is 32.1 Å². The van der Waals surface area contributed by atoms with Crippen LogP contribution in [-0.4, -0.2) is 5.11 Å². The zero-order valence-electron chi connectivity index (χ0n) is 33.2. The molecule has 0 bridgehead atoms. The highest BCUT2D eigenvalue weighted by Crippen LogP contribution is 2.39. The SMILES string of the molecule is CCCCCCCCCCc1c(O)c(CCCCCC)c(CCCCCCC)c(CCCCCCCC)c1CCCCCCCCC. The van der Waals surface area contributed by atoms with Crippen molar-refractivity contribution in [2.24, 2.45) is 0 Å².